The molecule has 2 N–H and O–H groups in total. The molecular formula is C17H13F2N3O2S. The van der Waals surface area contributed by atoms with Gasteiger partial charge in [-0.1, -0.05) is 23.9 Å². The Morgan fingerprint density at radius 3 is 2.64 bits per heavy atom. The monoisotopic (exact) mass is 361 g/mol. The van der Waals surface area contributed by atoms with E-state index in [1.807, 2.05) is 0 Å². The summed E-state index contributed by atoms with van der Waals surface area (Å²) >= 11 is 0.932. The topological polar surface area (TPSA) is 78.0 Å². The van der Waals surface area contributed by atoms with Gasteiger partial charge in [-0.05, 0) is 31.2 Å². The van der Waals surface area contributed by atoms with E-state index in [0.717, 1.165) is 28.5 Å². The zero-order valence-electron chi connectivity index (χ0n) is 13.1. The summed E-state index contributed by atoms with van der Waals surface area (Å²) in [5, 5.41) is -0.314. The minimum atomic E-state index is -0.909. The van der Waals surface area contributed by atoms with Gasteiger partial charge >= 0.3 is 0 Å². The molecule has 0 aliphatic rings. The third-order valence-electron chi connectivity index (χ3n) is 3.58. The van der Waals surface area contributed by atoms with Crippen molar-refractivity contribution in [3.8, 4) is 5.69 Å². The van der Waals surface area contributed by atoms with Crippen LogP contribution in [0.25, 0.3) is 16.6 Å². The number of amides is 1. The number of nitrogens with zero attached hydrogens (tertiary/aromatic N) is 2. The molecule has 1 aromatic heterocycles. The predicted octanol–water partition coefficient (Wildman–Crippen LogP) is 2.63. The normalized spacial score (nSPS) is 12.3. The first-order valence-corrected chi connectivity index (χ1v) is 8.19. The molecule has 0 spiro atoms. The van der Waals surface area contributed by atoms with Crippen molar-refractivity contribution in [3.63, 3.8) is 0 Å². The van der Waals surface area contributed by atoms with Gasteiger partial charge in [0.25, 0.3) is 5.56 Å². The maximum Gasteiger partial charge on any atom is 0.266 e. The number of rotatable bonds is 4. The number of nitrogens with two attached hydrogens (primary N) is 1. The molecule has 2 aromatic carbocycles. The van der Waals surface area contributed by atoms with E-state index in [1.165, 1.54) is 0 Å². The van der Waals surface area contributed by atoms with E-state index in [1.54, 1.807) is 31.2 Å². The molecular weight excluding hydrogens is 348 g/mol. The van der Waals surface area contributed by atoms with Crippen LogP contribution in [0.4, 0.5) is 8.78 Å². The van der Waals surface area contributed by atoms with Crippen molar-refractivity contribution in [1.29, 1.82) is 0 Å². The van der Waals surface area contributed by atoms with Crippen LogP contribution in [0.1, 0.15) is 6.92 Å². The quantitative estimate of drug-likeness (QED) is 0.572. The molecule has 0 saturated heterocycles. The number of halogens is 2. The Hall–Kier alpha value is -2.74. The van der Waals surface area contributed by atoms with Crippen LogP contribution in [0.15, 0.2) is 52.4 Å². The van der Waals surface area contributed by atoms with Crippen molar-refractivity contribution in [3.05, 3.63) is 64.5 Å². The van der Waals surface area contributed by atoms with Crippen molar-refractivity contribution >= 4 is 28.6 Å². The van der Waals surface area contributed by atoms with E-state index in [4.69, 9.17) is 5.73 Å². The van der Waals surface area contributed by atoms with Gasteiger partial charge in [-0.25, -0.2) is 13.8 Å². The number of carbonyl (C=O) groups is 1. The Morgan fingerprint density at radius 1 is 1.24 bits per heavy atom. The van der Waals surface area contributed by atoms with E-state index < -0.39 is 28.4 Å². The Bertz CT molecular complexity index is 1040. The first-order valence-electron chi connectivity index (χ1n) is 7.31. The summed E-state index contributed by atoms with van der Waals surface area (Å²) < 4.78 is 28.5. The molecule has 0 unspecified atom stereocenters. The standard InChI is InChI=1S/C17H13F2N3O2S/c1-9(15(20)23)25-17-21-13-5-3-2-4-11(13)16(24)22(17)14-7-6-10(18)8-12(14)19/h2-9H,1H3,(H2,20,23)/t9-/m1/s1. The highest BCUT2D eigenvalue weighted by Gasteiger charge is 2.20. The third-order valence-corrected chi connectivity index (χ3v) is 4.65. The van der Waals surface area contributed by atoms with E-state index in [0.29, 0.717) is 11.6 Å². The largest absolute Gasteiger partial charge is 0.369 e. The summed E-state index contributed by atoms with van der Waals surface area (Å²) in [5.41, 5.74) is 5.01. The molecule has 25 heavy (non-hydrogen) atoms. The van der Waals surface area contributed by atoms with Gasteiger partial charge in [0.15, 0.2) is 5.16 Å². The molecule has 1 amide bonds. The molecule has 0 fully saturated rings. The van der Waals surface area contributed by atoms with Crippen molar-refractivity contribution in [2.75, 3.05) is 0 Å². The van der Waals surface area contributed by atoms with Crippen LogP contribution in [-0.4, -0.2) is 20.7 Å². The number of para-hydroxylation sites is 1. The molecule has 5 nitrogen and oxygen atoms in total. The highest BCUT2D eigenvalue weighted by atomic mass is 32.2. The average Bonchev–Trinajstić information content (AvgIpc) is 2.56. The Morgan fingerprint density at radius 2 is 1.96 bits per heavy atom. The highest BCUT2D eigenvalue weighted by molar-refractivity contribution is 8.00. The summed E-state index contributed by atoms with van der Waals surface area (Å²) in [6, 6.07) is 9.46. The van der Waals surface area contributed by atoms with Gasteiger partial charge in [-0.3, -0.25) is 14.2 Å². The van der Waals surface area contributed by atoms with E-state index in [9.17, 15) is 18.4 Å². The number of hydrogen-bond donors (Lipinski definition) is 1. The molecule has 0 radical (unpaired) electrons. The van der Waals surface area contributed by atoms with E-state index >= 15 is 0 Å². The smallest absolute Gasteiger partial charge is 0.266 e. The van der Waals surface area contributed by atoms with Crippen molar-refractivity contribution < 1.29 is 13.6 Å². The second kappa shape index (κ2) is 6.64. The van der Waals surface area contributed by atoms with Crippen LogP contribution < -0.4 is 11.3 Å². The molecule has 128 valence electrons. The van der Waals surface area contributed by atoms with Crippen molar-refractivity contribution in [2.24, 2.45) is 5.73 Å². The van der Waals surface area contributed by atoms with Gasteiger partial charge in [0.05, 0.1) is 21.8 Å². The lowest BCUT2D eigenvalue weighted by Crippen LogP contribution is -2.27. The van der Waals surface area contributed by atoms with Gasteiger partial charge in [-0.2, -0.15) is 0 Å². The third kappa shape index (κ3) is 3.25. The lowest BCUT2D eigenvalue weighted by atomic mass is 10.2. The lowest BCUT2D eigenvalue weighted by Gasteiger charge is -2.15. The van der Waals surface area contributed by atoms with Crippen molar-refractivity contribution in [2.45, 2.75) is 17.3 Å². The second-order valence-corrected chi connectivity index (χ2v) is 6.62. The molecule has 3 aromatic rings. The fraction of sp³-hybridized carbons (Fsp3) is 0.118. The van der Waals surface area contributed by atoms with Gasteiger partial charge in [0, 0.05) is 6.07 Å². The second-order valence-electron chi connectivity index (χ2n) is 5.31. The number of aromatic nitrogens is 2. The fourth-order valence-corrected chi connectivity index (χ4v) is 3.15. The number of primary amides is 1. The number of thioether (sulfide) groups is 1. The summed E-state index contributed by atoms with van der Waals surface area (Å²) in [6.45, 7) is 1.56. The molecule has 3 rings (SSSR count). The zero-order valence-corrected chi connectivity index (χ0v) is 13.9. The lowest BCUT2D eigenvalue weighted by molar-refractivity contribution is -0.117. The molecule has 0 aliphatic carbocycles. The van der Waals surface area contributed by atoms with E-state index in [-0.39, 0.29) is 16.2 Å². The molecule has 1 atom stereocenters. The van der Waals surface area contributed by atoms with Crippen molar-refractivity contribution in [1.82, 2.24) is 9.55 Å². The SMILES string of the molecule is C[C@@H](Sc1nc2ccccc2c(=O)n1-c1ccc(F)cc1F)C(N)=O. The van der Waals surface area contributed by atoms with E-state index in [2.05, 4.69) is 4.98 Å². The first-order chi connectivity index (χ1) is 11.9. The molecule has 1 heterocycles. The summed E-state index contributed by atoms with van der Waals surface area (Å²) in [6.07, 6.45) is 0. The predicted molar refractivity (Wildman–Crippen MR) is 91.8 cm³/mol. The number of fused-ring (bicyclic) bond motifs is 1. The maximum absolute atomic E-state index is 14.3. The Kier molecular flexibility index (Phi) is 4.54. The van der Waals surface area contributed by atoms with Crippen LogP contribution in [0.3, 0.4) is 0 Å². The van der Waals surface area contributed by atoms with Crippen LogP contribution in [0.2, 0.25) is 0 Å². The fourth-order valence-electron chi connectivity index (χ4n) is 2.28. The first kappa shape index (κ1) is 17.1. The number of hydrogen-bond acceptors (Lipinski definition) is 4. The maximum atomic E-state index is 14.3. The number of carbonyl (C=O) groups excluding carboxylic acids is 1. The van der Waals surface area contributed by atoms with Gasteiger partial charge in [0.1, 0.15) is 11.6 Å². The average molecular weight is 361 g/mol. The van der Waals surface area contributed by atoms with Crippen LogP contribution >= 0.6 is 11.8 Å². The molecule has 0 aliphatic heterocycles. The molecule has 8 heteroatoms. The zero-order chi connectivity index (χ0) is 18.1. The van der Waals surface area contributed by atoms with Crippen LogP contribution in [-0.2, 0) is 4.79 Å². The highest BCUT2D eigenvalue weighted by Crippen LogP contribution is 2.26. The van der Waals surface area contributed by atoms with Crippen LogP contribution in [0.5, 0.6) is 0 Å². The summed E-state index contributed by atoms with van der Waals surface area (Å²) in [5.74, 6) is -2.27. The summed E-state index contributed by atoms with van der Waals surface area (Å²) in [4.78, 5) is 28.6. The minimum Gasteiger partial charge on any atom is -0.369 e. The van der Waals surface area contributed by atoms with Crippen LogP contribution in [0, 0.1) is 11.6 Å². The Labute approximate surface area is 145 Å². The summed E-state index contributed by atoms with van der Waals surface area (Å²) in [7, 11) is 0. The minimum absolute atomic E-state index is 0.0977. The van der Waals surface area contributed by atoms with Gasteiger partial charge in [0.2, 0.25) is 5.91 Å². The van der Waals surface area contributed by atoms with Gasteiger partial charge in [-0.15, -0.1) is 0 Å². The molecule has 0 saturated carbocycles. The number of benzene rings is 2. The molecule has 0 bridgehead atoms. The Balaban J connectivity index is 2.32. The van der Waals surface area contributed by atoms with Gasteiger partial charge < -0.3 is 5.73 Å².